The Hall–Kier alpha value is -2.98. The van der Waals surface area contributed by atoms with Crippen molar-refractivity contribution in [3.8, 4) is 0 Å². The van der Waals surface area contributed by atoms with Gasteiger partial charge in [-0.1, -0.05) is 18.2 Å². The number of nitrogens with zero attached hydrogens (tertiary/aromatic N) is 2. The molecule has 150 valence electrons. The SMILES string of the molecule is O=C(O)CC1c2ccccc2C(=O)NN1Cc1nc2cc(C(F)(F)F)ccc2s1. The molecule has 0 spiro atoms. The van der Waals surface area contributed by atoms with Crippen LogP contribution in [0, 0.1) is 0 Å². The summed E-state index contributed by atoms with van der Waals surface area (Å²) in [5.41, 5.74) is 3.07. The number of rotatable bonds is 4. The van der Waals surface area contributed by atoms with Crippen molar-refractivity contribution in [1.82, 2.24) is 15.4 Å². The van der Waals surface area contributed by atoms with Crippen molar-refractivity contribution in [3.05, 3.63) is 64.2 Å². The lowest BCUT2D eigenvalue weighted by Gasteiger charge is -2.35. The fourth-order valence-electron chi connectivity index (χ4n) is 3.33. The number of carbonyl (C=O) groups excluding carboxylic acids is 1. The molecular weight excluding hydrogens is 407 g/mol. The number of aliphatic carboxylic acids is 1. The molecule has 3 aromatic rings. The number of carboxylic acids is 1. The van der Waals surface area contributed by atoms with E-state index in [0.29, 0.717) is 20.8 Å². The molecule has 0 radical (unpaired) electrons. The summed E-state index contributed by atoms with van der Waals surface area (Å²) in [5.74, 6) is -1.41. The van der Waals surface area contributed by atoms with Gasteiger partial charge in [0.25, 0.3) is 5.91 Å². The quantitative estimate of drug-likeness (QED) is 0.666. The van der Waals surface area contributed by atoms with Crippen molar-refractivity contribution in [2.24, 2.45) is 0 Å². The molecular formula is C19H14F3N3O3S. The van der Waals surface area contributed by atoms with Gasteiger partial charge < -0.3 is 5.11 Å². The predicted molar refractivity (Wildman–Crippen MR) is 99.1 cm³/mol. The highest BCUT2D eigenvalue weighted by atomic mass is 32.1. The molecule has 2 heterocycles. The summed E-state index contributed by atoms with van der Waals surface area (Å²) in [4.78, 5) is 28.0. The summed E-state index contributed by atoms with van der Waals surface area (Å²) in [7, 11) is 0. The molecule has 0 saturated carbocycles. The molecule has 0 saturated heterocycles. The Kier molecular flexibility index (Phi) is 4.75. The first-order chi connectivity index (χ1) is 13.7. The second-order valence-electron chi connectivity index (χ2n) is 6.56. The lowest BCUT2D eigenvalue weighted by molar-refractivity contribution is -0.139. The maximum atomic E-state index is 12.9. The van der Waals surface area contributed by atoms with Gasteiger partial charge in [-0.15, -0.1) is 11.3 Å². The standard InChI is InChI=1S/C19H14F3N3O3S/c20-19(21,22)10-5-6-15-13(7-10)23-16(29-15)9-25-14(8-17(26)27)11-3-1-2-4-12(11)18(28)24-25/h1-7,14H,8-9H2,(H,24,28)(H,26,27). The van der Waals surface area contributed by atoms with E-state index in [1.54, 1.807) is 24.3 Å². The minimum absolute atomic E-state index is 0.0682. The van der Waals surface area contributed by atoms with Gasteiger partial charge >= 0.3 is 12.1 Å². The van der Waals surface area contributed by atoms with Gasteiger partial charge in [-0.05, 0) is 29.8 Å². The predicted octanol–water partition coefficient (Wildman–Crippen LogP) is 3.99. The number of alkyl halides is 3. The van der Waals surface area contributed by atoms with Crippen LogP contribution >= 0.6 is 11.3 Å². The highest BCUT2D eigenvalue weighted by Gasteiger charge is 2.34. The minimum Gasteiger partial charge on any atom is -0.481 e. The molecule has 0 aliphatic carbocycles. The summed E-state index contributed by atoms with van der Waals surface area (Å²) in [5, 5.41) is 11.2. The summed E-state index contributed by atoms with van der Waals surface area (Å²) < 4.78 is 39.3. The number of hydrazine groups is 1. The number of fused-ring (bicyclic) bond motifs is 2. The Morgan fingerprint density at radius 2 is 2.00 bits per heavy atom. The van der Waals surface area contributed by atoms with Crippen molar-refractivity contribution in [3.63, 3.8) is 0 Å². The molecule has 1 aromatic heterocycles. The van der Waals surface area contributed by atoms with Crippen LogP contribution in [-0.4, -0.2) is 27.0 Å². The molecule has 1 amide bonds. The number of hydrogen-bond acceptors (Lipinski definition) is 5. The van der Waals surface area contributed by atoms with Crippen LogP contribution in [0.2, 0.25) is 0 Å². The Morgan fingerprint density at radius 3 is 2.72 bits per heavy atom. The van der Waals surface area contributed by atoms with E-state index in [4.69, 9.17) is 0 Å². The fourth-order valence-corrected chi connectivity index (χ4v) is 4.28. The molecule has 1 atom stereocenters. The third kappa shape index (κ3) is 3.81. The van der Waals surface area contributed by atoms with E-state index in [2.05, 4.69) is 10.4 Å². The van der Waals surface area contributed by atoms with Crippen molar-refractivity contribution in [2.75, 3.05) is 0 Å². The molecule has 1 aliphatic heterocycles. The van der Waals surface area contributed by atoms with Gasteiger partial charge in [0, 0.05) is 5.56 Å². The van der Waals surface area contributed by atoms with Crippen molar-refractivity contribution in [1.29, 1.82) is 0 Å². The molecule has 1 unspecified atom stereocenters. The molecule has 2 aromatic carbocycles. The van der Waals surface area contributed by atoms with Crippen LogP contribution in [0.15, 0.2) is 42.5 Å². The van der Waals surface area contributed by atoms with Crippen LogP contribution in [0.4, 0.5) is 13.2 Å². The lowest BCUT2D eigenvalue weighted by Crippen LogP contribution is -2.49. The number of thiazole rings is 1. The number of hydrogen-bond donors (Lipinski definition) is 2. The topological polar surface area (TPSA) is 82.5 Å². The fraction of sp³-hybridized carbons (Fsp3) is 0.211. The van der Waals surface area contributed by atoms with E-state index in [1.165, 1.54) is 22.4 Å². The number of halogens is 3. The van der Waals surface area contributed by atoms with Crippen LogP contribution in [0.1, 0.15) is 39.0 Å². The first kappa shape index (κ1) is 19.3. The van der Waals surface area contributed by atoms with Gasteiger partial charge in [0.1, 0.15) is 5.01 Å². The summed E-state index contributed by atoms with van der Waals surface area (Å²) in [6.45, 7) is 0.0682. The average Bonchev–Trinajstić information content (AvgIpc) is 3.05. The molecule has 0 bridgehead atoms. The number of amides is 1. The van der Waals surface area contributed by atoms with E-state index in [9.17, 15) is 27.9 Å². The van der Waals surface area contributed by atoms with Gasteiger partial charge in [-0.3, -0.25) is 15.0 Å². The number of nitrogens with one attached hydrogen (secondary N) is 1. The molecule has 0 fully saturated rings. The zero-order valence-corrected chi connectivity index (χ0v) is 15.5. The largest absolute Gasteiger partial charge is 0.481 e. The van der Waals surface area contributed by atoms with Crippen LogP contribution in [0.25, 0.3) is 10.2 Å². The highest BCUT2D eigenvalue weighted by Crippen LogP contribution is 2.35. The van der Waals surface area contributed by atoms with Crippen molar-refractivity contribution >= 4 is 33.4 Å². The Bertz CT molecular complexity index is 1110. The number of aromatic nitrogens is 1. The number of benzene rings is 2. The van der Waals surface area contributed by atoms with Gasteiger partial charge in [0.2, 0.25) is 0 Å². The van der Waals surface area contributed by atoms with Gasteiger partial charge in [0.15, 0.2) is 0 Å². The van der Waals surface area contributed by atoms with Gasteiger partial charge in [0.05, 0.1) is 34.8 Å². The molecule has 2 N–H and O–H groups in total. The summed E-state index contributed by atoms with van der Waals surface area (Å²) in [6, 6.07) is 9.44. The monoisotopic (exact) mass is 421 g/mol. The van der Waals surface area contributed by atoms with Gasteiger partial charge in [-0.25, -0.2) is 9.99 Å². The highest BCUT2D eigenvalue weighted by molar-refractivity contribution is 7.18. The van der Waals surface area contributed by atoms with Crippen LogP contribution in [0.3, 0.4) is 0 Å². The summed E-state index contributed by atoms with van der Waals surface area (Å²) in [6.07, 6.45) is -4.71. The molecule has 6 nitrogen and oxygen atoms in total. The van der Waals surface area contributed by atoms with E-state index < -0.39 is 23.8 Å². The van der Waals surface area contributed by atoms with Crippen LogP contribution in [-0.2, 0) is 17.5 Å². The zero-order valence-electron chi connectivity index (χ0n) is 14.7. The first-order valence-electron chi connectivity index (χ1n) is 8.57. The van der Waals surface area contributed by atoms with E-state index >= 15 is 0 Å². The van der Waals surface area contributed by atoms with E-state index in [-0.39, 0.29) is 24.4 Å². The maximum Gasteiger partial charge on any atom is 0.416 e. The molecule has 29 heavy (non-hydrogen) atoms. The lowest BCUT2D eigenvalue weighted by atomic mass is 9.95. The third-order valence-electron chi connectivity index (χ3n) is 4.62. The normalized spacial score (nSPS) is 17.2. The molecule has 4 rings (SSSR count). The van der Waals surface area contributed by atoms with Crippen molar-refractivity contribution in [2.45, 2.75) is 25.2 Å². The molecule has 1 aliphatic rings. The number of carboxylic acid groups (broad SMARTS) is 1. The Balaban J connectivity index is 1.67. The maximum absolute atomic E-state index is 12.9. The smallest absolute Gasteiger partial charge is 0.416 e. The number of carbonyl (C=O) groups is 2. The van der Waals surface area contributed by atoms with Crippen LogP contribution in [0.5, 0.6) is 0 Å². The Labute approximate surface area is 166 Å². The zero-order chi connectivity index (χ0) is 20.8. The van der Waals surface area contributed by atoms with E-state index in [1.807, 2.05) is 0 Å². The summed E-state index contributed by atoms with van der Waals surface area (Å²) >= 11 is 1.19. The van der Waals surface area contributed by atoms with E-state index in [0.717, 1.165) is 12.1 Å². The van der Waals surface area contributed by atoms with Gasteiger partial charge in [-0.2, -0.15) is 13.2 Å². The minimum atomic E-state index is -4.46. The second kappa shape index (κ2) is 7.12. The van der Waals surface area contributed by atoms with Crippen molar-refractivity contribution < 1.29 is 27.9 Å². The average molecular weight is 421 g/mol. The second-order valence-corrected chi connectivity index (χ2v) is 7.67. The molecule has 10 heteroatoms. The van der Waals surface area contributed by atoms with Crippen LogP contribution < -0.4 is 5.43 Å². The Morgan fingerprint density at radius 1 is 1.24 bits per heavy atom. The third-order valence-corrected chi connectivity index (χ3v) is 5.64. The first-order valence-corrected chi connectivity index (χ1v) is 9.39.